The van der Waals surface area contributed by atoms with E-state index in [1.807, 2.05) is 39.5 Å². The number of rotatable bonds is 8. The molecular weight excluding hydrogens is 436 g/mol. The SMILES string of the molecule is CCCNC(=O)CN1CCN(C(=O)c2cc(C(C)C)nc3c2c(=O)[nH]c(=O)n3CC(C)C)CC1. The van der Waals surface area contributed by atoms with Gasteiger partial charge in [-0.15, -0.1) is 0 Å². The van der Waals surface area contributed by atoms with Gasteiger partial charge in [-0.25, -0.2) is 9.78 Å². The van der Waals surface area contributed by atoms with E-state index in [2.05, 4.69) is 15.3 Å². The van der Waals surface area contributed by atoms with Gasteiger partial charge in [-0.05, 0) is 24.3 Å². The topological polar surface area (TPSA) is 120 Å². The van der Waals surface area contributed by atoms with Gasteiger partial charge in [0.25, 0.3) is 11.5 Å². The lowest BCUT2D eigenvalue weighted by molar-refractivity contribution is -0.122. The first-order valence-corrected chi connectivity index (χ1v) is 12.1. The van der Waals surface area contributed by atoms with Crippen LogP contribution >= 0.6 is 0 Å². The van der Waals surface area contributed by atoms with Gasteiger partial charge in [0.15, 0.2) is 5.65 Å². The number of pyridine rings is 1. The van der Waals surface area contributed by atoms with Crippen LogP contribution in [0.4, 0.5) is 0 Å². The molecule has 1 aliphatic rings. The van der Waals surface area contributed by atoms with E-state index in [1.54, 1.807) is 11.0 Å². The third-order valence-electron chi connectivity index (χ3n) is 5.94. The molecule has 0 saturated carbocycles. The van der Waals surface area contributed by atoms with Gasteiger partial charge in [0.2, 0.25) is 5.91 Å². The summed E-state index contributed by atoms with van der Waals surface area (Å²) in [5.74, 6) is -0.114. The predicted molar refractivity (Wildman–Crippen MR) is 131 cm³/mol. The van der Waals surface area contributed by atoms with E-state index in [-0.39, 0.29) is 40.2 Å². The van der Waals surface area contributed by atoms with Crippen molar-refractivity contribution >= 4 is 22.8 Å². The first kappa shape index (κ1) is 25.6. The summed E-state index contributed by atoms with van der Waals surface area (Å²) in [6, 6.07) is 1.68. The number of nitrogens with one attached hydrogen (secondary N) is 2. The van der Waals surface area contributed by atoms with Crippen LogP contribution in [0, 0.1) is 5.92 Å². The van der Waals surface area contributed by atoms with Crippen molar-refractivity contribution in [3.8, 4) is 0 Å². The Hall–Kier alpha value is -3.01. The molecule has 10 heteroatoms. The maximum Gasteiger partial charge on any atom is 0.330 e. The van der Waals surface area contributed by atoms with Crippen molar-refractivity contribution in [1.29, 1.82) is 0 Å². The number of carbonyl (C=O) groups is 2. The average Bonchev–Trinajstić information content (AvgIpc) is 2.79. The van der Waals surface area contributed by atoms with Crippen LogP contribution in [0.2, 0.25) is 0 Å². The number of fused-ring (bicyclic) bond motifs is 1. The van der Waals surface area contributed by atoms with Gasteiger partial charge in [0.1, 0.15) is 0 Å². The Labute approximate surface area is 199 Å². The number of aromatic amines is 1. The lowest BCUT2D eigenvalue weighted by Gasteiger charge is -2.34. The summed E-state index contributed by atoms with van der Waals surface area (Å²) in [6.07, 6.45) is 0.885. The number of carbonyl (C=O) groups excluding carboxylic acids is 2. The van der Waals surface area contributed by atoms with Gasteiger partial charge < -0.3 is 10.2 Å². The van der Waals surface area contributed by atoms with Crippen molar-refractivity contribution < 1.29 is 9.59 Å². The van der Waals surface area contributed by atoms with Gasteiger partial charge in [0.05, 0.1) is 17.5 Å². The molecule has 3 heterocycles. The molecule has 0 bridgehead atoms. The van der Waals surface area contributed by atoms with E-state index in [0.717, 1.165) is 6.42 Å². The number of H-pyrrole nitrogens is 1. The zero-order valence-electron chi connectivity index (χ0n) is 20.8. The van der Waals surface area contributed by atoms with Gasteiger partial charge in [-0.2, -0.15) is 0 Å². The lowest BCUT2D eigenvalue weighted by atomic mass is 10.0. The summed E-state index contributed by atoms with van der Waals surface area (Å²) < 4.78 is 1.46. The van der Waals surface area contributed by atoms with E-state index in [1.165, 1.54) is 4.57 Å². The molecule has 10 nitrogen and oxygen atoms in total. The zero-order valence-corrected chi connectivity index (χ0v) is 20.8. The van der Waals surface area contributed by atoms with Crippen molar-refractivity contribution in [2.45, 2.75) is 53.5 Å². The fourth-order valence-electron chi connectivity index (χ4n) is 4.10. The number of amides is 2. The first-order valence-electron chi connectivity index (χ1n) is 12.1. The molecule has 1 aliphatic heterocycles. The highest BCUT2D eigenvalue weighted by molar-refractivity contribution is 6.05. The van der Waals surface area contributed by atoms with Crippen LogP contribution in [0.1, 0.15) is 63.0 Å². The quantitative estimate of drug-likeness (QED) is 0.595. The summed E-state index contributed by atoms with van der Waals surface area (Å²) in [5, 5.41) is 3.02. The molecule has 0 unspecified atom stereocenters. The number of nitrogens with zero attached hydrogens (tertiary/aromatic N) is 4. The molecule has 3 rings (SSSR count). The van der Waals surface area contributed by atoms with E-state index in [9.17, 15) is 19.2 Å². The van der Waals surface area contributed by atoms with Crippen molar-refractivity contribution in [1.82, 2.24) is 29.7 Å². The number of aromatic nitrogens is 3. The van der Waals surface area contributed by atoms with Crippen LogP contribution in [0.15, 0.2) is 15.7 Å². The zero-order chi connectivity index (χ0) is 25.0. The third-order valence-corrected chi connectivity index (χ3v) is 5.94. The molecule has 2 aromatic heterocycles. The number of piperazine rings is 1. The Kier molecular flexibility index (Phi) is 8.24. The standard InChI is InChI=1S/C24H36N6O4/c1-6-7-25-19(31)14-28-8-10-29(11-9-28)23(33)17-12-18(16(4)5)26-21-20(17)22(32)27-24(34)30(21)13-15(2)3/h12,15-16H,6-11,13-14H2,1-5H3,(H,25,31)(H,27,32,34). The summed E-state index contributed by atoms with van der Waals surface area (Å²) in [5.41, 5.74) is 0.0553. The highest BCUT2D eigenvalue weighted by atomic mass is 16.2. The maximum atomic E-state index is 13.6. The molecule has 0 aromatic carbocycles. The smallest absolute Gasteiger partial charge is 0.330 e. The van der Waals surface area contributed by atoms with Crippen LogP contribution in [-0.2, 0) is 11.3 Å². The van der Waals surface area contributed by atoms with Crippen LogP contribution in [-0.4, -0.2) is 75.4 Å². The van der Waals surface area contributed by atoms with E-state index in [4.69, 9.17) is 0 Å². The average molecular weight is 473 g/mol. The molecular formula is C24H36N6O4. The monoisotopic (exact) mass is 472 g/mol. The fraction of sp³-hybridized carbons (Fsp3) is 0.625. The Morgan fingerprint density at radius 1 is 1.12 bits per heavy atom. The van der Waals surface area contributed by atoms with Crippen molar-refractivity contribution in [2.75, 3.05) is 39.3 Å². The van der Waals surface area contributed by atoms with Crippen LogP contribution in [0.3, 0.4) is 0 Å². The minimum atomic E-state index is -0.600. The van der Waals surface area contributed by atoms with Gasteiger partial charge in [-0.3, -0.25) is 28.8 Å². The van der Waals surface area contributed by atoms with Crippen molar-refractivity contribution in [3.63, 3.8) is 0 Å². The Morgan fingerprint density at radius 3 is 2.38 bits per heavy atom. The van der Waals surface area contributed by atoms with E-state index >= 15 is 0 Å². The second-order valence-electron chi connectivity index (χ2n) is 9.63. The molecule has 1 fully saturated rings. The van der Waals surface area contributed by atoms with Gasteiger partial charge in [0, 0.05) is 45.0 Å². The summed E-state index contributed by atoms with van der Waals surface area (Å²) >= 11 is 0. The highest BCUT2D eigenvalue weighted by Crippen LogP contribution is 2.22. The van der Waals surface area contributed by atoms with Crippen molar-refractivity contribution in [2.24, 2.45) is 5.92 Å². The molecule has 186 valence electrons. The molecule has 0 atom stereocenters. The molecule has 1 saturated heterocycles. The van der Waals surface area contributed by atoms with E-state index in [0.29, 0.717) is 51.5 Å². The molecule has 2 aromatic rings. The lowest BCUT2D eigenvalue weighted by Crippen LogP contribution is -2.51. The Balaban J connectivity index is 1.93. The van der Waals surface area contributed by atoms with Crippen molar-refractivity contribution in [3.05, 3.63) is 38.2 Å². The number of hydrogen-bond donors (Lipinski definition) is 2. The minimum absolute atomic E-state index is 0.0105. The normalized spacial score (nSPS) is 14.9. The second kappa shape index (κ2) is 10.9. The van der Waals surface area contributed by atoms with Crippen LogP contribution < -0.4 is 16.6 Å². The minimum Gasteiger partial charge on any atom is -0.355 e. The molecule has 2 amide bonds. The first-order chi connectivity index (χ1) is 16.1. The van der Waals surface area contributed by atoms with Crippen LogP contribution in [0.25, 0.3) is 11.0 Å². The van der Waals surface area contributed by atoms with E-state index < -0.39 is 11.2 Å². The van der Waals surface area contributed by atoms with Gasteiger partial charge in [-0.1, -0.05) is 34.6 Å². The molecule has 0 aliphatic carbocycles. The van der Waals surface area contributed by atoms with Gasteiger partial charge >= 0.3 is 5.69 Å². The fourth-order valence-corrected chi connectivity index (χ4v) is 4.10. The Morgan fingerprint density at radius 2 is 1.79 bits per heavy atom. The third kappa shape index (κ3) is 5.72. The van der Waals surface area contributed by atoms with Crippen LogP contribution in [0.5, 0.6) is 0 Å². The molecule has 0 radical (unpaired) electrons. The second-order valence-corrected chi connectivity index (χ2v) is 9.63. The largest absolute Gasteiger partial charge is 0.355 e. The molecule has 34 heavy (non-hydrogen) atoms. The Bertz CT molecular complexity index is 1160. The maximum absolute atomic E-state index is 13.6. The highest BCUT2D eigenvalue weighted by Gasteiger charge is 2.27. The predicted octanol–water partition coefficient (Wildman–Crippen LogP) is 1.15. The molecule has 2 N–H and O–H groups in total. The number of hydrogen-bond acceptors (Lipinski definition) is 6. The summed E-state index contributed by atoms with van der Waals surface area (Å²) in [6.45, 7) is 13.3. The summed E-state index contributed by atoms with van der Waals surface area (Å²) in [7, 11) is 0. The molecule has 0 spiro atoms. The summed E-state index contributed by atoms with van der Waals surface area (Å²) in [4.78, 5) is 61.8.